The number of aromatic nitrogens is 4. The number of methoxy groups -OCH3 is 2. The van der Waals surface area contributed by atoms with Gasteiger partial charge in [0.25, 0.3) is 0 Å². The van der Waals surface area contributed by atoms with Gasteiger partial charge in [-0.3, -0.25) is 0 Å². The number of rotatable bonds is 4. The van der Waals surface area contributed by atoms with Gasteiger partial charge in [-0.25, -0.2) is 0 Å². The monoisotopic (exact) mass is 294 g/mol. The number of benzene rings is 1. The molecule has 22 heavy (non-hydrogen) atoms. The second-order valence-corrected chi connectivity index (χ2v) is 4.50. The Morgan fingerprint density at radius 1 is 0.818 bits per heavy atom. The first-order chi connectivity index (χ1) is 10.8. The molecule has 3 rings (SSSR count). The van der Waals surface area contributed by atoms with Gasteiger partial charge in [0.2, 0.25) is 0 Å². The summed E-state index contributed by atoms with van der Waals surface area (Å²) in [6, 6.07) is 11.2. The third-order valence-corrected chi connectivity index (χ3v) is 3.23. The summed E-state index contributed by atoms with van der Waals surface area (Å²) >= 11 is 0. The zero-order chi connectivity index (χ0) is 15.4. The summed E-state index contributed by atoms with van der Waals surface area (Å²) in [5.74, 6) is 1.45. The predicted octanol–water partition coefficient (Wildman–Crippen LogP) is 2.62. The van der Waals surface area contributed by atoms with Gasteiger partial charge in [-0.15, -0.1) is 10.2 Å². The first-order valence-electron chi connectivity index (χ1n) is 6.65. The molecule has 0 fully saturated rings. The number of hydrogen-bond donors (Lipinski definition) is 0. The van der Waals surface area contributed by atoms with Gasteiger partial charge in [0, 0.05) is 11.1 Å². The van der Waals surface area contributed by atoms with Gasteiger partial charge in [-0.05, 0) is 36.4 Å². The lowest BCUT2D eigenvalue weighted by Crippen LogP contribution is -1.95. The Bertz CT molecular complexity index is 761. The highest BCUT2D eigenvalue weighted by molar-refractivity contribution is 5.70. The highest BCUT2D eigenvalue weighted by Crippen LogP contribution is 2.32. The fraction of sp³-hybridized carbons (Fsp3) is 0.125. The molecular weight excluding hydrogens is 280 g/mol. The highest BCUT2D eigenvalue weighted by atomic mass is 16.5. The molecule has 2 aromatic heterocycles. The topological polar surface area (TPSA) is 70.0 Å². The van der Waals surface area contributed by atoms with Crippen molar-refractivity contribution in [2.75, 3.05) is 14.2 Å². The second-order valence-electron chi connectivity index (χ2n) is 4.50. The SMILES string of the molecule is COc1ccc(OC)c(-c2ccc(-c3ccnnc3)nn2)c1. The molecule has 0 saturated carbocycles. The third-order valence-electron chi connectivity index (χ3n) is 3.23. The standard InChI is InChI=1S/C16H14N4O2/c1-21-12-3-6-16(22-2)13(9-12)15-5-4-14(19-20-15)11-7-8-17-18-10-11/h3-10H,1-2H3. The molecule has 0 bridgehead atoms. The fourth-order valence-electron chi connectivity index (χ4n) is 2.09. The number of ether oxygens (including phenoxy) is 2. The molecule has 0 amide bonds. The first kappa shape index (κ1) is 13.9. The summed E-state index contributed by atoms with van der Waals surface area (Å²) < 4.78 is 10.6. The van der Waals surface area contributed by atoms with Gasteiger partial charge < -0.3 is 9.47 Å². The van der Waals surface area contributed by atoms with Crippen LogP contribution in [0.25, 0.3) is 22.5 Å². The summed E-state index contributed by atoms with van der Waals surface area (Å²) in [4.78, 5) is 0. The van der Waals surface area contributed by atoms with E-state index < -0.39 is 0 Å². The molecule has 0 spiro atoms. The van der Waals surface area contributed by atoms with Crippen molar-refractivity contribution in [3.05, 3.63) is 48.8 Å². The predicted molar refractivity (Wildman–Crippen MR) is 81.6 cm³/mol. The van der Waals surface area contributed by atoms with Gasteiger partial charge in [0.1, 0.15) is 11.5 Å². The van der Waals surface area contributed by atoms with Gasteiger partial charge in [-0.2, -0.15) is 10.2 Å². The Labute approximate surface area is 127 Å². The molecule has 6 nitrogen and oxygen atoms in total. The lowest BCUT2D eigenvalue weighted by Gasteiger charge is -2.10. The van der Waals surface area contributed by atoms with Crippen LogP contribution in [-0.4, -0.2) is 34.6 Å². The van der Waals surface area contributed by atoms with Crippen molar-refractivity contribution >= 4 is 0 Å². The Hall–Kier alpha value is -3.02. The van der Waals surface area contributed by atoms with Crippen molar-refractivity contribution in [3.63, 3.8) is 0 Å². The van der Waals surface area contributed by atoms with Gasteiger partial charge in [0.05, 0.1) is 38.0 Å². The molecule has 0 atom stereocenters. The average molecular weight is 294 g/mol. The van der Waals surface area contributed by atoms with Crippen LogP contribution in [0.2, 0.25) is 0 Å². The quantitative estimate of drug-likeness (QED) is 0.736. The lowest BCUT2D eigenvalue weighted by molar-refractivity contribution is 0.404. The van der Waals surface area contributed by atoms with Crippen molar-refractivity contribution in [1.29, 1.82) is 0 Å². The number of nitrogens with zero attached hydrogens (tertiary/aromatic N) is 4. The molecule has 110 valence electrons. The van der Waals surface area contributed by atoms with E-state index in [9.17, 15) is 0 Å². The van der Waals surface area contributed by atoms with Crippen LogP contribution in [0.4, 0.5) is 0 Å². The van der Waals surface area contributed by atoms with E-state index in [1.54, 1.807) is 26.6 Å². The van der Waals surface area contributed by atoms with Crippen LogP contribution in [0.15, 0.2) is 48.8 Å². The van der Waals surface area contributed by atoms with E-state index in [0.29, 0.717) is 11.4 Å². The molecule has 0 unspecified atom stereocenters. The second kappa shape index (κ2) is 6.17. The number of hydrogen-bond acceptors (Lipinski definition) is 6. The molecule has 6 heteroatoms. The van der Waals surface area contributed by atoms with E-state index in [0.717, 1.165) is 22.6 Å². The molecular formula is C16H14N4O2. The average Bonchev–Trinajstić information content (AvgIpc) is 2.62. The smallest absolute Gasteiger partial charge is 0.128 e. The molecule has 1 aromatic carbocycles. The van der Waals surface area contributed by atoms with Crippen LogP contribution in [-0.2, 0) is 0 Å². The van der Waals surface area contributed by atoms with E-state index in [2.05, 4.69) is 20.4 Å². The van der Waals surface area contributed by atoms with Crippen molar-refractivity contribution in [2.45, 2.75) is 0 Å². The molecule has 2 heterocycles. The summed E-state index contributed by atoms with van der Waals surface area (Å²) in [5, 5.41) is 16.1. The van der Waals surface area contributed by atoms with Gasteiger partial charge in [0.15, 0.2) is 0 Å². The molecule has 0 N–H and O–H groups in total. The normalized spacial score (nSPS) is 10.3. The fourth-order valence-corrected chi connectivity index (χ4v) is 2.09. The maximum Gasteiger partial charge on any atom is 0.128 e. The Morgan fingerprint density at radius 3 is 2.27 bits per heavy atom. The maximum atomic E-state index is 5.37. The first-order valence-corrected chi connectivity index (χ1v) is 6.65. The van der Waals surface area contributed by atoms with Crippen LogP contribution < -0.4 is 9.47 Å². The molecule has 0 saturated heterocycles. The summed E-state index contributed by atoms with van der Waals surface area (Å²) in [6.07, 6.45) is 3.27. The minimum Gasteiger partial charge on any atom is -0.497 e. The van der Waals surface area contributed by atoms with E-state index in [-0.39, 0.29) is 0 Å². The highest BCUT2D eigenvalue weighted by Gasteiger charge is 2.10. The van der Waals surface area contributed by atoms with Crippen LogP contribution in [0.3, 0.4) is 0 Å². The van der Waals surface area contributed by atoms with E-state index >= 15 is 0 Å². The minimum absolute atomic E-state index is 0.710. The zero-order valence-corrected chi connectivity index (χ0v) is 12.2. The summed E-state index contributed by atoms with van der Waals surface area (Å²) in [7, 11) is 3.24. The minimum atomic E-state index is 0.710. The molecule has 0 aliphatic heterocycles. The summed E-state index contributed by atoms with van der Waals surface area (Å²) in [5.41, 5.74) is 3.14. The maximum absolute atomic E-state index is 5.37. The zero-order valence-electron chi connectivity index (χ0n) is 12.2. The molecule has 0 aliphatic rings. The van der Waals surface area contributed by atoms with Crippen LogP contribution in [0.5, 0.6) is 11.5 Å². The molecule has 3 aromatic rings. The van der Waals surface area contributed by atoms with Gasteiger partial charge in [-0.1, -0.05) is 0 Å². The van der Waals surface area contributed by atoms with E-state index in [4.69, 9.17) is 9.47 Å². The van der Waals surface area contributed by atoms with Crippen LogP contribution >= 0.6 is 0 Å². The van der Waals surface area contributed by atoms with E-state index in [1.807, 2.05) is 36.4 Å². The Balaban J connectivity index is 1.99. The van der Waals surface area contributed by atoms with Crippen molar-refractivity contribution in [3.8, 4) is 34.0 Å². The Kier molecular flexibility index (Phi) is 3.91. The largest absolute Gasteiger partial charge is 0.497 e. The third kappa shape index (κ3) is 2.71. The Morgan fingerprint density at radius 2 is 1.64 bits per heavy atom. The van der Waals surface area contributed by atoms with E-state index in [1.165, 1.54) is 0 Å². The molecule has 0 radical (unpaired) electrons. The molecule has 0 aliphatic carbocycles. The summed E-state index contributed by atoms with van der Waals surface area (Å²) in [6.45, 7) is 0. The van der Waals surface area contributed by atoms with Crippen molar-refractivity contribution < 1.29 is 9.47 Å². The van der Waals surface area contributed by atoms with Crippen LogP contribution in [0.1, 0.15) is 0 Å². The van der Waals surface area contributed by atoms with Crippen molar-refractivity contribution in [2.24, 2.45) is 0 Å². The lowest BCUT2D eigenvalue weighted by atomic mass is 10.1. The van der Waals surface area contributed by atoms with Gasteiger partial charge >= 0.3 is 0 Å². The van der Waals surface area contributed by atoms with Crippen molar-refractivity contribution in [1.82, 2.24) is 20.4 Å². The van der Waals surface area contributed by atoms with Crippen LogP contribution in [0, 0.1) is 0 Å².